The van der Waals surface area contributed by atoms with Gasteiger partial charge in [-0.2, -0.15) is 0 Å². The zero-order valence-electron chi connectivity index (χ0n) is 14.5. The molecule has 134 valence electrons. The first kappa shape index (κ1) is 24.2. The van der Waals surface area contributed by atoms with Gasteiger partial charge in [0.25, 0.3) is 0 Å². The fourth-order valence-corrected chi connectivity index (χ4v) is 2.31. The molecule has 0 aromatic heterocycles. The summed E-state index contributed by atoms with van der Waals surface area (Å²) in [5.74, 6) is -0.829. The van der Waals surface area contributed by atoms with Crippen molar-refractivity contribution in [3.63, 3.8) is 0 Å². The van der Waals surface area contributed by atoms with E-state index >= 15 is 0 Å². The lowest BCUT2D eigenvalue weighted by atomic mass is 10.0. The van der Waals surface area contributed by atoms with Crippen LogP contribution in [0.25, 0.3) is 0 Å². The molecule has 0 aliphatic rings. The van der Waals surface area contributed by atoms with E-state index in [1.165, 1.54) is 83.5 Å². The van der Waals surface area contributed by atoms with Crippen LogP contribution in [0.1, 0.15) is 96.8 Å². The quantitative estimate of drug-likeness (QED) is 0.273. The van der Waals surface area contributed by atoms with Crippen molar-refractivity contribution in [2.45, 2.75) is 96.8 Å². The molecule has 0 rings (SSSR count). The summed E-state index contributed by atoms with van der Waals surface area (Å²) in [7, 11) is 0. The van der Waals surface area contributed by atoms with E-state index in [1.54, 1.807) is 0 Å². The molecular weight excluding hydrogens is 344 g/mol. The lowest BCUT2D eigenvalue weighted by molar-refractivity contribution is -0.133. The molecule has 0 saturated heterocycles. The highest BCUT2D eigenvalue weighted by atomic mass is 79.9. The second-order valence-corrected chi connectivity index (χ2v) is 6.41. The highest BCUT2D eigenvalue weighted by Crippen LogP contribution is 2.12. The molecule has 4 heteroatoms. The van der Waals surface area contributed by atoms with Crippen molar-refractivity contribution < 1.29 is 15.0 Å². The Morgan fingerprint density at radius 2 is 1.00 bits per heavy atom. The van der Waals surface area contributed by atoms with Gasteiger partial charge in [0, 0.05) is 6.61 Å². The molecule has 0 atom stereocenters. The van der Waals surface area contributed by atoms with Crippen molar-refractivity contribution in [2.24, 2.45) is 0 Å². The number of carboxylic acids is 1. The molecular formula is C18H37BrO3. The van der Waals surface area contributed by atoms with Crippen molar-refractivity contribution in [1.29, 1.82) is 0 Å². The van der Waals surface area contributed by atoms with E-state index in [9.17, 15) is 4.79 Å². The molecule has 0 radical (unpaired) electrons. The zero-order valence-corrected chi connectivity index (χ0v) is 16.1. The van der Waals surface area contributed by atoms with E-state index in [0.717, 1.165) is 6.42 Å². The van der Waals surface area contributed by atoms with Crippen LogP contribution >= 0.6 is 15.9 Å². The molecule has 0 spiro atoms. The number of halogens is 1. The molecule has 0 saturated carbocycles. The van der Waals surface area contributed by atoms with Crippen LogP contribution < -0.4 is 0 Å². The van der Waals surface area contributed by atoms with Crippen molar-refractivity contribution in [3.8, 4) is 0 Å². The summed E-state index contributed by atoms with van der Waals surface area (Å²) >= 11 is 2.71. The number of carbonyl (C=O) groups is 1. The van der Waals surface area contributed by atoms with E-state index in [-0.39, 0.29) is 5.33 Å². The Kier molecular flexibility index (Phi) is 25.5. The highest BCUT2D eigenvalue weighted by molar-refractivity contribution is 9.09. The first-order valence-corrected chi connectivity index (χ1v) is 10.2. The maximum atomic E-state index is 9.32. The van der Waals surface area contributed by atoms with Gasteiger partial charge in [0.1, 0.15) is 5.33 Å². The maximum absolute atomic E-state index is 9.32. The molecule has 0 aromatic carbocycles. The van der Waals surface area contributed by atoms with Gasteiger partial charge >= 0.3 is 5.97 Å². The molecule has 0 bridgehead atoms. The molecule has 0 heterocycles. The van der Waals surface area contributed by atoms with Crippen LogP contribution in [0, 0.1) is 0 Å². The minimum absolute atomic E-state index is 0.0347. The Labute approximate surface area is 146 Å². The first-order chi connectivity index (χ1) is 10.7. The number of unbranched alkanes of at least 4 members (excludes halogenated alkanes) is 13. The Morgan fingerprint density at radius 3 is 1.23 bits per heavy atom. The summed E-state index contributed by atoms with van der Waals surface area (Å²) in [4.78, 5) is 9.32. The molecule has 0 aromatic rings. The molecule has 2 N–H and O–H groups in total. The molecule has 22 heavy (non-hydrogen) atoms. The molecule has 0 aliphatic carbocycles. The van der Waals surface area contributed by atoms with Gasteiger partial charge in [-0.1, -0.05) is 106 Å². The van der Waals surface area contributed by atoms with Crippen LogP contribution in [-0.2, 0) is 4.79 Å². The average Bonchev–Trinajstić information content (AvgIpc) is 2.52. The summed E-state index contributed by atoms with van der Waals surface area (Å²) in [6.07, 6.45) is 19.2. The average molecular weight is 381 g/mol. The Bertz CT molecular complexity index is 197. The second-order valence-electron chi connectivity index (χ2n) is 5.85. The molecule has 0 amide bonds. The molecule has 0 unspecified atom stereocenters. The number of aliphatic carboxylic acids is 1. The van der Waals surface area contributed by atoms with Gasteiger partial charge in [0.05, 0.1) is 0 Å². The summed E-state index contributed by atoms with van der Waals surface area (Å²) < 4.78 is 0. The summed E-state index contributed by atoms with van der Waals surface area (Å²) in [6.45, 7) is 2.65. The van der Waals surface area contributed by atoms with Gasteiger partial charge < -0.3 is 10.2 Å². The van der Waals surface area contributed by atoms with Crippen LogP contribution in [0.5, 0.6) is 0 Å². The largest absolute Gasteiger partial charge is 0.481 e. The molecule has 0 aliphatic heterocycles. The number of aliphatic hydroxyl groups excluding tert-OH is 1. The second kappa shape index (κ2) is 23.2. The Balaban J connectivity index is 0. The first-order valence-electron chi connectivity index (χ1n) is 9.07. The third kappa shape index (κ3) is 28.1. The number of hydrogen-bond acceptors (Lipinski definition) is 2. The van der Waals surface area contributed by atoms with E-state index in [1.807, 2.05) is 0 Å². The van der Waals surface area contributed by atoms with Crippen LogP contribution in [0.2, 0.25) is 0 Å². The molecule has 0 fully saturated rings. The van der Waals surface area contributed by atoms with Gasteiger partial charge in [0.2, 0.25) is 0 Å². The van der Waals surface area contributed by atoms with Gasteiger partial charge in [-0.05, 0) is 6.42 Å². The third-order valence-electron chi connectivity index (χ3n) is 3.63. The fraction of sp³-hybridized carbons (Fsp3) is 0.944. The minimum Gasteiger partial charge on any atom is -0.481 e. The van der Waals surface area contributed by atoms with E-state index in [0.29, 0.717) is 6.61 Å². The van der Waals surface area contributed by atoms with Crippen LogP contribution in [0.3, 0.4) is 0 Å². The predicted molar refractivity (Wildman–Crippen MR) is 98.8 cm³/mol. The summed E-state index contributed by atoms with van der Waals surface area (Å²) in [6, 6.07) is 0. The van der Waals surface area contributed by atoms with Crippen molar-refractivity contribution >= 4 is 21.9 Å². The number of hydrogen-bond donors (Lipinski definition) is 2. The highest BCUT2D eigenvalue weighted by Gasteiger charge is 1.93. The standard InChI is InChI=1S/C16H34O.C2H3BrO2/c1-2-3-4-5-6-7-8-9-10-11-12-13-14-15-16-17;3-1-2(4)5/h17H,2-16H2,1H3;1H2,(H,4,5). The predicted octanol–water partition coefficient (Wildman–Crippen LogP) is 5.93. The van der Waals surface area contributed by atoms with E-state index in [4.69, 9.17) is 10.2 Å². The smallest absolute Gasteiger partial charge is 0.314 e. The van der Waals surface area contributed by atoms with Gasteiger partial charge in [0.15, 0.2) is 0 Å². The van der Waals surface area contributed by atoms with Gasteiger partial charge in [-0.25, -0.2) is 0 Å². The van der Waals surface area contributed by atoms with E-state index < -0.39 is 5.97 Å². The monoisotopic (exact) mass is 380 g/mol. The Morgan fingerprint density at radius 1 is 0.727 bits per heavy atom. The summed E-state index contributed by atoms with van der Waals surface area (Å²) in [5.41, 5.74) is 0. The van der Waals surface area contributed by atoms with Crippen molar-refractivity contribution in [1.82, 2.24) is 0 Å². The topological polar surface area (TPSA) is 57.5 Å². The fourth-order valence-electron chi connectivity index (χ4n) is 2.31. The minimum atomic E-state index is -0.829. The van der Waals surface area contributed by atoms with Crippen LogP contribution in [-0.4, -0.2) is 28.1 Å². The number of alkyl halides is 1. The maximum Gasteiger partial charge on any atom is 0.314 e. The van der Waals surface area contributed by atoms with E-state index in [2.05, 4.69) is 22.9 Å². The summed E-state index contributed by atoms with van der Waals surface area (Å²) in [5, 5.41) is 16.4. The Hall–Kier alpha value is -0.0900. The third-order valence-corrected chi connectivity index (χ3v) is 4.11. The number of rotatable bonds is 15. The zero-order chi connectivity index (χ0) is 16.9. The molecule has 3 nitrogen and oxygen atoms in total. The SMILES string of the molecule is CCCCCCCCCCCCCCCCO.O=C(O)CBr. The van der Waals surface area contributed by atoms with Gasteiger partial charge in [-0.3, -0.25) is 4.79 Å². The lowest BCUT2D eigenvalue weighted by Crippen LogP contribution is -1.92. The van der Waals surface area contributed by atoms with Gasteiger partial charge in [-0.15, -0.1) is 0 Å². The number of carboxylic acid groups (broad SMARTS) is 1. The van der Waals surface area contributed by atoms with Crippen molar-refractivity contribution in [2.75, 3.05) is 11.9 Å². The number of aliphatic hydroxyl groups is 1. The van der Waals surface area contributed by atoms with Crippen LogP contribution in [0.15, 0.2) is 0 Å². The van der Waals surface area contributed by atoms with Crippen molar-refractivity contribution in [3.05, 3.63) is 0 Å². The van der Waals surface area contributed by atoms with Crippen LogP contribution in [0.4, 0.5) is 0 Å². The lowest BCUT2D eigenvalue weighted by Gasteiger charge is -2.02. The normalized spacial score (nSPS) is 10.1.